The number of fused-ring (bicyclic) bond motifs is 1. The topological polar surface area (TPSA) is 96.4 Å². The van der Waals surface area contributed by atoms with E-state index in [1.54, 1.807) is 13.0 Å². The summed E-state index contributed by atoms with van der Waals surface area (Å²) in [6.07, 6.45) is 1.90. The van der Waals surface area contributed by atoms with Crippen LogP contribution in [0.15, 0.2) is 35.1 Å². The zero-order chi connectivity index (χ0) is 27.8. The number of nitrogens with zero attached hydrogens (tertiary/aromatic N) is 2. The average molecular weight is 541 g/mol. The predicted octanol–water partition coefficient (Wildman–Crippen LogP) is 4.62. The first-order chi connectivity index (χ1) is 17.9. The van der Waals surface area contributed by atoms with Crippen LogP contribution in [0, 0.1) is 19.8 Å². The molecule has 1 saturated heterocycles. The molecule has 0 bridgehead atoms. The summed E-state index contributed by atoms with van der Waals surface area (Å²) in [6.45, 7) is 13.7. The fourth-order valence-corrected chi connectivity index (χ4v) is 6.93. The van der Waals surface area contributed by atoms with E-state index in [9.17, 15) is 13.8 Å². The number of piperidine rings is 1. The minimum atomic E-state index is -1.01. The first-order valence-corrected chi connectivity index (χ1v) is 14.4. The van der Waals surface area contributed by atoms with Crippen LogP contribution < -0.4 is 15.6 Å². The van der Waals surface area contributed by atoms with Gasteiger partial charge in [-0.2, -0.15) is 0 Å². The first kappa shape index (κ1) is 28.1. The minimum Gasteiger partial charge on any atom is -0.496 e. The van der Waals surface area contributed by atoms with E-state index in [0.29, 0.717) is 28.5 Å². The molecule has 2 unspecified atom stereocenters. The maximum Gasteiger partial charge on any atom is 0.256 e. The van der Waals surface area contributed by atoms with Gasteiger partial charge in [0.2, 0.25) is 0 Å². The average Bonchev–Trinajstić information content (AvgIpc) is 3.17. The van der Waals surface area contributed by atoms with Crippen molar-refractivity contribution in [1.82, 2.24) is 19.2 Å². The van der Waals surface area contributed by atoms with Crippen molar-refractivity contribution in [2.45, 2.75) is 71.7 Å². The predicted molar refractivity (Wildman–Crippen MR) is 153 cm³/mol. The Kier molecular flexibility index (Phi) is 8.18. The van der Waals surface area contributed by atoms with Crippen molar-refractivity contribution in [2.24, 2.45) is 5.92 Å². The summed E-state index contributed by atoms with van der Waals surface area (Å²) in [6, 6.07) is 9.91. The smallest absolute Gasteiger partial charge is 0.256 e. The summed E-state index contributed by atoms with van der Waals surface area (Å²) in [4.78, 5) is 28.8. The van der Waals surface area contributed by atoms with Crippen LogP contribution in [-0.4, -0.2) is 48.9 Å². The molecule has 38 heavy (non-hydrogen) atoms. The number of para-hydroxylation sites is 1. The van der Waals surface area contributed by atoms with E-state index in [0.717, 1.165) is 42.5 Å². The van der Waals surface area contributed by atoms with Gasteiger partial charge in [-0.1, -0.05) is 18.2 Å². The maximum absolute atomic E-state index is 13.5. The summed E-state index contributed by atoms with van der Waals surface area (Å²) in [5.74, 6) is 0.643. The van der Waals surface area contributed by atoms with E-state index in [1.165, 1.54) is 7.11 Å². The monoisotopic (exact) mass is 540 g/mol. The second kappa shape index (κ2) is 11.1. The van der Waals surface area contributed by atoms with Crippen LogP contribution >= 0.6 is 0 Å². The summed E-state index contributed by atoms with van der Waals surface area (Å²) >= 11 is 0. The molecule has 1 aromatic carbocycles. The standard InChI is InChI=1S/C29H40N4O4S/c1-18-16-25(37-7)23(27(34)31-18)17-30-28(35)26-20(3)33(24-11-9-8-10-22(24)26)19(2)21-12-14-32(15-13-21)38(36)29(4,5)6/h8-11,16,19,21H,12-15,17H2,1-7H3,(H,30,35)(H,31,34). The third-order valence-electron chi connectivity index (χ3n) is 7.61. The molecule has 3 aromatic rings. The Bertz CT molecular complexity index is 1410. The van der Waals surface area contributed by atoms with E-state index in [2.05, 4.69) is 32.2 Å². The molecular formula is C29H40N4O4S. The summed E-state index contributed by atoms with van der Waals surface area (Å²) in [7, 11) is 0.509. The number of nitrogens with one attached hydrogen (secondary N) is 2. The van der Waals surface area contributed by atoms with Gasteiger partial charge in [-0.15, -0.1) is 0 Å². The molecule has 2 atom stereocenters. The highest BCUT2D eigenvalue weighted by Crippen LogP contribution is 2.36. The number of carbonyl (C=O) groups is 1. The van der Waals surface area contributed by atoms with E-state index >= 15 is 0 Å². The lowest BCUT2D eigenvalue weighted by atomic mass is 9.91. The van der Waals surface area contributed by atoms with Gasteiger partial charge in [-0.3, -0.25) is 9.59 Å². The van der Waals surface area contributed by atoms with E-state index in [1.807, 2.05) is 45.9 Å². The minimum absolute atomic E-state index is 0.0650. The number of ether oxygens (including phenoxy) is 1. The second-order valence-corrected chi connectivity index (χ2v) is 13.5. The lowest BCUT2D eigenvalue weighted by Gasteiger charge is -2.37. The number of rotatable bonds is 7. The fourth-order valence-electron chi connectivity index (χ4n) is 5.62. The van der Waals surface area contributed by atoms with Crippen molar-refractivity contribution in [3.63, 3.8) is 0 Å². The number of H-pyrrole nitrogens is 1. The van der Waals surface area contributed by atoms with Gasteiger partial charge < -0.3 is 19.6 Å². The van der Waals surface area contributed by atoms with Crippen LogP contribution in [0.1, 0.15) is 73.9 Å². The number of methoxy groups -OCH3 is 1. The largest absolute Gasteiger partial charge is 0.496 e. The molecule has 0 radical (unpaired) electrons. The Morgan fingerprint density at radius 3 is 2.50 bits per heavy atom. The van der Waals surface area contributed by atoms with Crippen LogP contribution in [-0.2, 0) is 17.5 Å². The van der Waals surface area contributed by atoms with Gasteiger partial charge in [0.1, 0.15) is 5.75 Å². The van der Waals surface area contributed by atoms with E-state index in [4.69, 9.17) is 4.74 Å². The normalized spacial score (nSPS) is 16.9. The Balaban J connectivity index is 1.58. The molecule has 9 heteroatoms. The van der Waals surface area contributed by atoms with Gasteiger partial charge in [-0.05, 0) is 72.4 Å². The van der Waals surface area contributed by atoms with Crippen molar-refractivity contribution in [3.05, 3.63) is 63.2 Å². The fraction of sp³-hybridized carbons (Fsp3) is 0.517. The van der Waals surface area contributed by atoms with Crippen LogP contribution in [0.3, 0.4) is 0 Å². The molecule has 1 aliphatic rings. The molecule has 1 aliphatic heterocycles. The number of aromatic nitrogens is 2. The van der Waals surface area contributed by atoms with Gasteiger partial charge in [0.05, 0.1) is 40.5 Å². The first-order valence-electron chi connectivity index (χ1n) is 13.3. The number of amides is 1. The molecule has 1 fully saturated rings. The lowest BCUT2D eigenvalue weighted by Crippen LogP contribution is -2.43. The van der Waals surface area contributed by atoms with Gasteiger partial charge in [-0.25, -0.2) is 8.51 Å². The van der Waals surface area contributed by atoms with E-state index in [-0.39, 0.29) is 28.8 Å². The molecule has 0 saturated carbocycles. The highest BCUT2D eigenvalue weighted by molar-refractivity contribution is 7.84. The maximum atomic E-state index is 13.5. The number of pyridine rings is 1. The number of aryl methyl sites for hydroxylation is 1. The van der Waals surface area contributed by atoms with Gasteiger partial charge >= 0.3 is 0 Å². The van der Waals surface area contributed by atoms with Gasteiger partial charge in [0.25, 0.3) is 11.5 Å². The lowest BCUT2D eigenvalue weighted by molar-refractivity contribution is 0.0951. The molecule has 3 heterocycles. The van der Waals surface area contributed by atoms with Crippen molar-refractivity contribution < 1.29 is 13.7 Å². The molecule has 0 spiro atoms. The van der Waals surface area contributed by atoms with Gasteiger partial charge in [0.15, 0.2) is 0 Å². The molecule has 2 N–H and O–H groups in total. The van der Waals surface area contributed by atoms with Crippen molar-refractivity contribution in [3.8, 4) is 5.75 Å². The number of benzene rings is 1. The highest BCUT2D eigenvalue weighted by atomic mass is 32.2. The molecular weight excluding hydrogens is 500 g/mol. The number of aromatic amines is 1. The summed E-state index contributed by atoms with van der Waals surface area (Å²) < 4.78 is 22.4. The van der Waals surface area contributed by atoms with Crippen molar-refractivity contribution in [2.75, 3.05) is 20.2 Å². The van der Waals surface area contributed by atoms with Crippen LogP contribution in [0.4, 0.5) is 0 Å². The summed E-state index contributed by atoms with van der Waals surface area (Å²) in [5.41, 5.74) is 3.37. The van der Waals surface area contributed by atoms with Crippen LogP contribution in [0.25, 0.3) is 10.9 Å². The van der Waals surface area contributed by atoms with Crippen molar-refractivity contribution in [1.29, 1.82) is 0 Å². The molecule has 0 aliphatic carbocycles. The van der Waals surface area contributed by atoms with Crippen molar-refractivity contribution >= 4 is 27.8 Å². The molecule has 4 rings (SSSR count). The Morgan fingerprint density at radius 2 is 1.87 bits per heavy atom. The van der Waals surface area contributed by atoms with E-state index < -0.39 is 11.0 Å². The van der Waals surface area contributed by atoms with Crippen LogP contribution in [0.2, 0.25) is 0 Å². The third-order valence-corrected chi connectivity index (χ3v) is 9.49. The molecule has 2 aromatic heterocycles. The third kappa shape index (κ3) is 5.45. The zero-order valence-electron chi connectivity index (χ0n) is 23.5. The molecule has 206 valence electrons. The quantitative estimate of drug-likeness (QED) is 0.457. The summed E-state index contributed by atoms with van der Waals surface area (Å²) in [5, 5.41) is 3.85. The highest BCUT2D eigenvalue weighted by Gasteiger charge is 2.33. The Labute approximate surface area is 227 Å². The Hall–Kier alpha value is -2.91. The van der Waals surface area contributed by atoms with Crippen LogP contribution in [0.5, 0.6) is 5.75 Å². The zero-order valence-corrected chi connectivity index (χ0v) is 24.3. The number of hydrogen-bond donors (Lipinski definition) is 2. The van der Waals surface area contributed by atoms with Gasteiger partial charge in [0, 0.05) is 41.4 Å². The molecule has 8 nitrogen and oxygen atoms in total. The SMILES string of the molecule is COc1cc(C)[nH]c(=O)c1CNC(=O)c1c(C)n(C(C)C2CCN(S(=O)C(C)(C)C)CC2)c2ccccc12. The Morgan fingerprint density at radius 1 is 1.21 bits per heavy atom. The number of hydrogen-bond acceptors (Lipinski definition) is 4. The molecule has 1 amide bonds. The number of carbonyl (C=O) groups excluding carboxylic acids is 1. The second-order valence-electron chi connectivity index (χ2n) is 11.2.